The van der Waals surface area contributed by atoms with E-state index in [9.17, 15) is 4.79 Å². The largest absolute Gasteiger partial charge is 0.379 e. The lowest BCUT2D eigenvalue weighted by Crippen LogP contribution is -2.35. The fraction of sp³-hybridized carbons (Fsp3) is 0.385. The van der Waals surface area contributed by atoms with E-state index < -0.39 is 0 Å². The van der Waals surface area contributed by atoms with Gasteiger partial charge in [0.05, 0.1) is 27.6 Å². The van der Waals surface area contributed by atoms with Crippen LogP contribution < -0.4 is 5.32 Å². The Morgan fingerprint density at radius 2 is 2.24 bits per heavy atom. The van der Waals surface area contributed by atoms with Crippen LogP contribution in [0.15, 0.2) is 21.3 Å². The molecule has 1 N–H and O–H groups in total. The summed E-state index contributed by atoms with van der Waals surface area (Å²) in [6.45, 7) is 4.23. The number of carbonyl (C=O) groups is 1. The van der Waals surface area contributed by atoms with Gasteiger partial charge in [-0.15, -0.1) is 22.7 Å². The summed E-state index contributed by atoms with van der Waals surface area (Å²) < 4.78 is 6.27. The molecule has 2 aromatic rings. The number of halogens is 1. The summed E-state index contributed by atoms with van der Waals surface area (Å²) in [4.78, 5) is 19.5. The quantitative estimate of drug-likeness (QED) is 0.875. The number of rotatable bonds is 4. The molecule has 1 amide bonds. The third-order valence-corrected chi connectivity index (χ3v) is 5.49. The average molecular weight is 388 g/mol. The van der Waals surface area contributed by atoms with Crippen molar-refractivity contribution in [3.8, 4) is 0 Å². The van der Waals surface area contributed by atoms with E-state index in [1.54, 1.807) is 6.07 Å². The zero-order valence-corrected chi connectivity index (χ0v) is 14.4. The number of hydrogen-bond acceptors (Lipinski definition) is 6. The Morgan fingerprint density at radius 3 is 2.95 bits per heavy atom. The molecule has 0 unspecified atom stereocenters. The third kappa shape index (κ3) is 4.10. The Morgan fingerprint density at radius 1 is 1.43 bits per heavy atom. The lowest BCUT2D eigenvalue weighted by Gasteiger charge is -2.25. The second-order valence-electron chi connectivity index (χ2n) is 4.59. The van der Waals surface area contributed by atoms with Crippen LogP contribution in [0.4, 0.5) is 5.13 Å². The smallest absolute Gasteiger partial charge is 0.267 e. The summed E-state index contributed by atoms with van der Waals surface area (Å²) in [5.74, 6) is -0.113. The molecule has 1 aliphatic rings. The molecule has 3 rings (SSSR count). The molecule has 0 aromatic carbocycles. The number of aromatic nitrogens is 1. The summed E-state index contributed by atoms with van der Waals surface area (Å²) in [5, 5.41) is 5.49. The van der Waals surface area contributed by atoms with Gasteiger partial charge in [-0.3, -0.25) is 15.0 Å². The molecule has 0 radical (unpaired) electrons. The first-order valence-electron chi connectivity index (χ1n) is 6.52. The third-order valence-electron chi connectivity index (χ3n) is 3.06. The van der Waals surface area contributed by atoms with Crippen molar-refractivity contribution in [1.29, 1.82) is 0 Å². The molecular formula is C13H14BrN3O2S2. The van der Waals surface area contributed by atoms with Crippen molar-refractivity contribution in [1.82, 2.24) is 9.88 Å². The summed E-state index contributed by atoms with van der Waals surface area (Å²) in [6, 6.07) is 3.66. The number of hydrogen-bond donors (Lipinski definition) is 1. The van der Waals surface area contributed by atoms with Gasteiger partial charge in [-0.05, 0) is 28.1 Å². The minimum Gasteiger partial charge on any atom is -0.379 e. The standard InChI is InChI=1S/C13H14BrN3O2S2/c14-11-2-1-10(21-11)12(18)16-13-15-9(8-20-13)7-17-3-5-19-6-4-17/h1-2,8H,3-7H2,(H,15,16,18). The van der Waals surface area contributed by atoms with Gasteiger partial charge in [-0.2, -0.15) is 0 Å². The number of morpholine rings is 1. The van der Waals surface area contributed by atoms with Crippen molar-refractivity contribution in [2.24, 2.45) is 0 Å². The van der Waals surface area contributed by atoms with Gasteiger partial charge in [0.25, 0.3) is 5.91 Å². The number of amides is 1. The van der Waals surface area contributed by atoms with E-state index in [-0.39, 0.29) is 5.91 Å². The van der Waals surface area contributed by atoms with Crippen molar-refractivity contribution in [3.63, 3.8) is 0 Å². The van der Waals surface area contributed by atoms with Crippen LogP contribution in [-0.2, 0) is 11.3 Å². The molecule has 3 heterocycles. The number of thiophene rings is 1. The van der Waals surface area contributed by atoms with Crippen molar-refractivity contribution in [2.75, 3.05) is 31.6 Å². The number of thiazole rings is 1. The monoisotopic (exact) mass is 387 g/mol. The predicted octanol–water partition coefficient (Wildman–Crippen LogP) is 3.05. The van der Waals surface area contributed by atoms with Crippen LogP contribution in [0, 0.1) is 0 Å². The van der Waals surface area contributed by atoms with Crippen LogP contribution in [0.2, 0.25) is 0 Å². The minimum absolute atomic E-state index is 0.113. The highest BCUT2D eigenvalue weighted by molar-refractivity contribution is 9.11. The van der Waals surface area contributed by atoms with E-state index in [0.29, 0.717) is 10.0 Å². The normalized spacial score (nSPS) is 16.0. The van der Waals surface area contributed by atoms with Crippen LogP contribution in [0.5, 0.6) is 0 Å². The molecule has 8 heteroatoms. The zero-order chi connectivity index (χ0) is 14.7. The first kappa shape index (κ1) is 15.1. The Kier molecular flexibility index (Phi) is 5.02. The van der Waals surface area contributed by atoms with Gasteiger partial charge >= 0.3 is 0 Å². The molecule has 0 spiro atoms. The van der Waals surface area contributed by atoms with E-state index in [4.69, 9.17) is 4.74 Å². The molecule has 1 fully saturated rings. The second-order valence-corrected chi connectivity index (χ2v) is 7.91. The molecule has 0 aliphatic carbocycles. The van der Waals surface area contributed by atoms with E-state index >= 15 is 0 Å². The molecule has 1 saturated heterocycles. The molecule has 0 atom stereocenters. The van der Waals surface area contributed by atoms with E-state index in [0.717, 1.165) is 42.3 Å². The van der Waals surface area contributed by atoms with Crippen molar-refractivity contribution in [3.05, 3.63) is 31.9 Å². The highest BCUT2D eigenvalue weighted by Crippen LogP contribution is 2.24. The van der Waals surface area contributed by atoms with E-state index in [1.807, 2.05) is 11.4 Å². The molecule has 21 heavy (non-hydrogen) atoms. The lowest BCUT2D eigenvalue weighted by atomic mass is 10.4. The van der Waals surface area contributed by atoms with Gasteiger partial charge in [0, 0.05) is 25.0 Å². The lowest BCUT2D eigenvalue weighted by molar-refractivity contribution is 0.0337. The van der Waals surface area contributed by atoms with Crippen LogP contribution in [0.25, 0.3) is 0 Å². The highest BCUT2D eigenvalue weighted by atomic mass is 79.9. The van der Waals surface area contributed by atoms with Gasteiger partial charge < -0.3 is 4.74 Å². The molecule has 0 bridgehead atoms. The second kappa shape index (κ2) is 6.97. The maximum absolute atomic E-state index is 12.0. The van der Waals surface area contributed by atoms with Gasteiger partial charge in [-0.1, -0.05) is 0 Å². The molecular weight excluding hydrogens is 374 g/mol. The summed E-state index contributed by atoms with van der Waals surface area (Å²) >= 11 is 6.22. The van der Waals surface area contributed by atoms with E-state index in [1.165, 1.54) is 22.7 Å². The summed E-state index contributed by atoms with van der Waals surface area (Å²) in [6.07, 6.45) is 0. The van der Waals surface area contributed by atoms with Gasteiger partial charge in [0.15, 0.2) is 5.13 Å². The fourth-order valence-electron chi connectivity index (χ4n) is 2.02. The summed E-state index contributed by atoms with van der Waals surface area (Å²) in [7, 11) is 0. The molecule has 0 saturated carbocycles. The minimum atomic E-state index is -0.113. The Bertz CT molecular complexity index is 622. The first-order valence-corrected chi connectivity index (χ1v) is 9.01. The average Bonchev–Trinajstić information content (AvgIpc) is 3.09. The zero-order valence-electron chi connectivity index (χ0n) is 11.2. The topological polar surface area (TPSA) is 54.5 Å². The van der Waals surface area contributed by atoms with Gasteiger partial charge in [0.2, 0.25) is 0 Å². The predicted molar refractivity (Wildman–Crippen MR) is 88.2 cm³/mol. The Hall–Kier alpha value is -0.800. The number of anilines is 1. The number of carbonyl (C=O) groups excluding carboxylic acids is 1. The van der Waals surface area contributed by atoms with Crippen LogP contribution >= 0.6 is 38.6 Å². The Balaban J connectivity index is 1.58. The van der Waals surface area contributed by atoms with Crippen LogP contribution in [0.3, 0.4) is 0 Å². The highest BCUT2D eigenvalue weighted by Gasteiger charge is 2.14. The van der Waals surface area contributed by atoms with Gasteiger partial charge in [-0.25, -0.2) is 4.98 Å². The van der Waals surface area contributed by atoms with Crippen molar-refractivity contribution >= 4 is 49.6 Å². The summed E-state index contributed by atoms with van der Waals surface area (Å²) in [5.41, 5.74) is 0.990. The molecule has 1 aliphatic heterocycles. The van der Waals surface area contributed by atoms with E-state index in [2.05, 4.69) is 31.1 Å². The SMILES string of the molecule is O=C(Nc1nc(CN2CCOCC2)cs1)c1ccc(Br)s1. The number of nitrogens with zero attached hydrogens (tertiary/aromatic N) is 2. The van der Waals surface area contributed by atoms with Crippen LogP contribution in [0.1, 0.15) is 15.4 Å². The van der Waals surface area contributed by atoms with Gasteiger partial charge in [0.1, 0.15) is 0 Å². The maximum atomic E-state index is 12.0. The molecule has 5 nitrogen and oxygen atoms in total. The molecule has 112 valence electrons. The molecule has 2 aromatic heterocycles. The first-order chi connectivity index (χ1) is 10.2. The van der Waals surface area contributed by atoms with Crippen molar-refractivity contribution in [2.45, 2.75) is 6.54 Å². The Labute approximate surface area is 139 Å². The maximum Gasteiger partial charge on any atom is 0.267 e. The number of nitrogens with one attached hydrogen (secondary N) is 1. The fourth-order valence-corrected chi connectivity index (χ4v) is 4.00. The van der Waals surface area contributed by atoms with Crippen molar-refractivity contribution < 1.29 is 9.53 Å². The van der Waals surface area contributed by atoms with Crippen LogP contribution in [-0.4, -0.2) is 42.1 Å². The number of ether oxygens (including phenoxy) is 1.